The van der Waals surface area contributed by atoms with Gasteiger partial charge in [0.05, 0.1) is 12.1 Å². The van der Waals surface area contributed by atoms with Crippen molar-refractivity contribution in [3.63, 3.8) is 0 Å². The molecule has 0 aliphatic heterocycles. The Kier molecular flexibility index (Phi) is 7.40. The van der Waals surface area contributed by atoms with Crippen LogP contribution in [0.25, 0.3) is 11.1 Å². The molecule has 0 spiro atoms. The molecule has 0 unspecified atom stereocenters. The number of rotatable bonds is 7. The van der Waals surface area contributed by atoms with Gasteiger partial charge in [-0.25, -0.2) is 0 Å². The molecule has 0 amide bonds. The number of nitrogens with zero attached hydrogens (tertiary/aromatic N) is 1. The van der Waals surface area contributed by atoms with Crippen LogP contribution in [0.4, 0.5) is 18.9 Å². The number of aryl methyl sites for hydroxylation is 1. The molecule has 0 saturated heterocycles. The summed E-state index contributed by atoms with van der Waals surface area (Å²) < 4.78 is 40.6. The molecule has 1 aromatic carbocycles. The van der Waals surface area contributed by atoms with Gasteiger partial charge < -0.3 is 9.72 Å². The topological polar surface area (TPSA) is 16.4 Å². The van der Waals surface area contributed by atoms with Crippen molar-refractivity contribution in [1.29, 1.82) is 0 Å². The minimum absolute atomic E-state index is 0.0867. The summed E-state index contributed by atoms with van der Waals surface area (Å²) in [5.74, 6) is 5.88. The molecule has 162 valence electrons. The zero-order valence-corrected chi connectivity index (χ0v) is 18.5. The number of hydrogen-bond donors (Lipinski definition) is 1. The molecule has 6 heteroatoms. The molecule has 0 saturated carbocycles. The Bertz CT molecular complexity index is 1130. The van der Waals surface area contributed by atoms with E-state index in [0.717, 1.165) is 36.1 Å². The number of benzene rings is 1. The standard InChI is InChI=1S/C25H25F3N2S/c1-4-9-18(3)20-12-13-23(19(5-2)16-20)29-14-8-10-21-17-22-11-6-7-15-30(22)24(21)31-25(26,27)28/h6-7,11-13,15-17,29H,3-5,9,14H2,1-2H3. The fourth-order valence-electron chi connectivity index (χ4n) is 3.41. The molecule has 0 atom stereocenters. The van der Waals surface area contributed by atoms with Gasteiger partial charge in [-0.15, -0.1) is 0 Å². The van der Waals surface area contributed by atoms with Gasteiger partial charge in [-0.3, -0.25) is 0 Å². The largest absolute Gasteiger partial charge is 0.447 e. The molecule has 0 aliphatic rings. The van der Waals surface area contributed by atoms with E-state index in [4.69, 9.17) is 0 Å². The predicted molar refractivity (Wildman–Crippen MR) is 124 cm³/mol. The lowest BCUT2D eigenvalue weighted by Crippen LogP contribution is -2.03. The Morgan fingerprint density at radius 2 is 1.97 bits per heavy atom. The molecule has 2 aromatic heterocycles. The van der Waals surface area contributed by atoms with E-state index in [1.165, 1.54) is 9.96 Å². The highest BCUT2D eigenvalue weighted by molar-refractivity contribution is 8.00. The van der Waals surface area contributed by atoms with E-state index in [1.807, 2.05) is 12.1 Å². The lowest BCUT2D eigenvalue weighted by Gasteiger charge is -2.12. The van der Waals surface area contributed by atoms with Gasteiger partial charge in [0.1, 0.15) is 5.03 Å². The first-order chi connectivity index (χ1) is 14.8. The Balaban J connectivity index is 1.78. The number of pyridine rings is 1. The number of aromatic nitrogens is 1. The third-order valence-corrected chi connectivity index (χ3v) is 5.72. The molecule has 3 aromatic rings. The lowest BCUT2D eigenvalue weighted by molar-refractivity contribution is -0.0329. The third-order valence-electron chi connectivity index (χ3n) is 4.88. The van der Waals surface area contributed by atoms with Crippen LogP contribution >= 0.6 is 11.8 Å². The van der Waals surface area contributed by atoms with Crippen LogP contribution in [-0.2, 0) is 6.42 Å². The lowest BCUT2D eigenvalue weighted by atomic mass is 9.99. The van der Waals surface area contributed by atoms with Crippen LogP contribution < -0.4 is 5.32 Å². The van der Waals surface area contributed by atoms with Crippen molar-refractivity contribution in [2.24, 2.45) is 0 Å². The van der Waals surface area contributed by atoms with Crippen LogP contribution in [0, 0.1) is 11.8 Å². The number of allylic oxidation sites excluding steroid dienone is 1. The number of anilines is 1. The molecular formula is C25H25F3N2S. The van der Waals surface area contributed by atoms with E-state index in [0.29, 0.717) is 17.6 Å². The Labute approximate surface area is 185 Å². The molecule has 0 bridgehead atoms. The molecule has 1 N–H and O–H groups in total. The van der Waals surface area contributed by atoms with Crippen molar-refractivity contribution in [2.75, 3.05) is 11.9 Å². The fraction of sp³-hybridized carbons (Fsp3) is 0.280. The quantitative estimate of drug-likeness (QED) is 0.303. The van der Waals surface area contributed by atoms with Gasteiger partial charge in [0.25, 0.3) is 0 Å². The van der Waals surface area contributed by atoms with Crippen molar-refractivity contribution in [3.8, 4) is 11.8 Å². The van der Waals surface area contributed by atoms with Gasteiger partial charge in [-0.1, -0.05) is 50.8 Å². The van der Waals surface area contributed by atoms with Crippen molar-refractivity contribution in [3.05, 3.63) is 71.9 Å². The van der Waals surface area contributed by atoms with Crippen molar-refractivity contribution >= 4 is 28.5 Å². The molecule has 31 heavy (non-hydrogen) atoms. The summed E-state index contributed by atoms with van der Waals surface area (Å²) in [6.07, 6.45) is 4.50. The zero-order valence-electron chi connectivity index (χ0n) is 17.6. The van der Waals surface area contributed by atoms with Crippen LogP contribution in [-0.4, -0.2) is 16.5 Å². The molecule has 0 radical (unpaired) electrons. The van der Waals surface area contributed by atoms with Crippen LogP contribution in [0.15, 0.2) is 60.3 Å². The van der Waals surface area contributed by atoms with Gasteiger partial charge in [-0.2, -0.15) is 13.2 Å². The number of hydrogen-bond acceptors (Lipinski definition) is 2. The monoisotopic (exact) mass is 442 g/mol. The summed E-state index contributed by atoms with van der Waals surface area (Å²) in [5.41, 5.74) is 1.10. The summed E-state index contributed by atoms with van der Waals surface area (Å²) >= 11 is -0.136. The highest BCUT2D eigenvalue weighted by Gasteiger charge is 2.32. The van der Waals surface area contributed by atoms with Crippen LogP contribution in [0.2, 0.25) is 0 Å². The second-order valence-corrected chi connectivity index (χ2v) is 8.19. The van der Waals surface area contributed by atoms with Crippen LogP contribution in [0.3, 0.4) is 0 Å². The third kappa shape index (κ3) is 5.89. The van der Waals surface area contributed by atoms with Gasteiger partial charge in [0.2, 0.25) is 0 Å². The van der Waals surface area contributed by atoms with Gasteiger partial charge in [0, 0.05) is 29.2 Å². The highest BCUT2D eigenvalue weighted by Crippen LogP contribution is 2.39. The number of nitrogens with one attached hydrogen (secondary N) is 1. The Morgan fingerprint density at radius 3 is 2.68 bits per heavy atom. The number of halogens is 3. The second-order valence-electron chi connectivity index (χ2n) is 7.14. The summed E-state index contributed by atoms with van der Waals surface area (Å²) in [7, 11) is 0. The predicted octanol–water partition coefficient (Wildman–Crippen LogP) is 7.39. The van der Waals surface area contributed by atoms with Gasteiger partial charge in [-0.05, 0) is 59.9 Å². The van der Waals surface area contributed by atoms with E-state index in [1.54, 1.807) is 30.5 Å². The molecule has 0 aliphatic carbocycles. The number of thioether (sulfide) groups is 1. The SMILES string of the molecule is C=C(CCC)c1ccc(NCC#Cc2cc3ccccn3c2SC(F)(F)F)c(CC)c1. The highest BCUT2D eigenvalue weighted by atomic mass is 32.2. The summed E-state index contributed by atoms with van der Waals surface area (Å²) in [4.78, 5) is 0. The molecule has 3 rings (SSSR count). The van der Waals surface area contributed by atoms with E-state index in [2.05, 4.69) is 43.7 Å². The summed E-state index contributed by atoms with van der Waals surface area (Å²) in [5, 5.41) is 3.38. The summed E-state index contributed by atoms with van der Waals surface area (Å²) in [6.45, 7) is 8.71. The van der Waals surface area contributed by atoms with Gasteiger partial charge >= 0.3 is 5.51 Å². The van der Waals surface area contributed by atoms with E-state index >= 15 is 0 Å². The first kappa shape index (κ1) is 22.9. The van der Waals surface area contributed by atoms with E-state index in [9.17, 15) is 13.2 Å². The van der Waals surface area contributed by atoms with Crippen LogP contribution in [0.1, 0.15) is 43.4 Å². The second kappa shape index (κ2) is 10.0. The van der Waals surface area contributed by atoms with E-state index in [-0.39, 0.29) is 16.8 Å². The van der Waals surface area contributed by atoms with Crippen LogP contribution in [0.5, 0.6) is 0 Å². The number of fused-ring (bicyclic) bond motifs is 1. The Morgan fingerprint density at radius 1 is 1.16 bits per heavy atom. The average molecular weight is 443 g/mol. The van der Waals surface area contributed by atoms with Gasteiger partial charge in [0.15, 0.2) is 0 Å². The van der Waals surface area contributed by atoms with E-state index < -0.39 is 5.51 Å². The maximum atomic E-state index is 13.0. The molecular weight excluding hydrogens is 417 g/mol. The smallest absolute Gasteiger partial charge is 0.374 e. The maximum absolute atomic E-state index is 13.0. The number of alkyl halides is 3. The Hall–Kier alpha value is -2.78. The minimum atomic E-state index is -4.38. The first-order valence-corrected chi connectivity index (χ1v) is 11.0. The first-order valence-electron chi connectivity index (χ1n) is 10.2. The summed E-state index contributed by atoms with van der Waals surface area (Å²) in [6, 6.07) is 13.2. The maximum Gasteiger partial charge on any atom is 0.447 e. The molecule has 2 heterocycles. The van der Waals surface area contributed by atoms with Crippen molar-refractivity contribution in [2.45, 2.75) is 43.6 Å². The van der Waals surface area contributed by atoms with Crippen molar-refractivity contribution < 1.29 is 13.2 Å². The fourth-order valence-corrected chi connectivity index (χ4v) is 4.11. The molecule has 2 nitrogen and oxygen atoms in total. The zero-order chi connectivity index (χ0) is 22.4. The minimum Gasteiger partial charge on any atom is -0.374 e. The normalized spacial score (nSPS) is 11.3. The molecule has 0 fully saturated rings. The van der Waals surface area contributed by atoms with Crippen molar-refractivity contribution in [1.82, 2.24) is 4.40 Å². The average Bonchev–Trinajstić information content (AvgIpc) is 3.07.